The van der Waals surface area contributed by atoms with Crippen LogP contribution in [0.2, 0.25) is 0 Å². The van der Waals surface area contributed by atoms with Crippen LogP contribution in [-0.4, -0.2) is 59.4 Å². The Balaban J connectivity index is 1.47. The zero-order valence-electron chi connectivity index (χ0n) is 19.1. The number of benzene rings is 1. The Bertz CT molecular complexity index is 1340. The number of thiophene rings is 1. The minimum absolute atomic E-state index is 0.284. The molecule has 1 aliphatic rings. The SMILES string of the molecule is CN(Cc1cc2nc(-c3ccc(N)cc3)nc(N3CCOCC3)c2s1)c1ccc(C(=O)NO)cn1. The quantitative estimate of drug-likeness (QED) is 0.212. The van der Waals surface area contributed by atoms with Crippen LogP contribution in [0.1, 0.15) is 15.2 Å². The number of nitrogens with two attached hydrogens (primary N) is 1. The van der Waals surface area contributed by atoms with E-state index in [0.717, 1.165) is 39.6 Å². The van der Waals surface area contributed by atoms with Crippen LogP contribution in [0.3, 0.4) is 0 Å². The number of nitrogen functional groups attached to an aromatic ring is 1. The number of rotatable bonds is 6. The number of nitrogens with zero attached hydrogens (tertiary/aromatic N) is 5. The van der Waals surface area contributed by atoms with Crippen molar-refractivity contribution in [2.24, 2.45) is 0 Å². The molecule has 0 saturated carbocycles. The number of pyridine rings is 1. The Morgan fingerprint density at radius 1 is 1.20 bits per heavy atom. The minimum atomic E-state index is -0.595. The van der Waals surface area contributed by atoms with Crippen molar-refractivity contribution in [3.8, 4) is 11.4 Å². The molecule has 0 unspecified atom stereocenters. The van der Waals surface area contributed by atoms with Crippen molar-refractivity contribution in [2.45, 2.75) is 6.54 Å². The molecule has 35 heavy (non-hydrogen) atoms. The fourth-order valence-electron chi connectivity index (χ4n) is 3.92. The van der Waals surface area contributed by atoms with Crippen molar-refractivity contribution in [1.82, 2.24) is 20.4 Å². The van der Waals surface area contributed by atoms with Gasteiger partial charge in [-0.05, 0) is 42.5 Å². The molecule has 180 valence electrons. The Kier molecular flexibility index (Phi) is 6.45. The summed E-state index contributed by atoms with van der Waals surface area (Å²) in [5.41, 5.74) is 10.3. The van der Waals surface area contributed by atoms with E-state index in [4.69, 9.17) is 25.6 Å². The zero-order valence-corrected chi connectivity index (χ0v) is 20.0. The van der Waals surface area contributed by atoms with Gasteiger partial charge in [-0.2, -0.15) is 0 Å². The summed E-state index contributed by atoms with van der Waals surface area (Å²) >= 11 is 1.66. The van der Waals surface area contributed by atoms with E-state index in [1.54, 1.807) is 28.9 Å². The van der Waals surface area contributed by atoms with E-state index in [9.17, 15) is 4.79 Å². The number of aromatic nitrogens is 3. The number of anilines is 3. The van der Waals surface area contributed by atoms with E-state index >= 15 is 0 Å². The van der Waals surface area contributed by atoms with Crippen LogP contribution in [0.5, 0.6) is 0 Å². The third-order valence-electron chi connectivity index (χ3n) is 5.78. The molecular weight excluding hydrogens is 466 g/mol. The molecule has 0 aliphatic carbocycles. The molecule has 0 atom stereocenters. The van der Waals surface area contributed by atoms with Crippen LogP contribution >= 0.6 is 11.3 Å². The number of nitrogens with one attached hydrogen (secondary N) is 1. The second-order valence-electron chi connectivity index (χ2n) is 8.22. The lowest BCUT2D eigenvalue weighted by Gasteiger charge is -2.28. The third kappa shape index (κ3) is 4.87. The van der Waals surface area contributed by atoms with Crippen LogP contribution < -0.4 is 21.0 Å². The molecule has 0 bridgehead atoms. The third-order valence-corrected chi connectivity index (χ3v) is 6.88. The topological polar surface area (TPSA) is 130 Å². The maximum Gasteiger partial charge on any atom is 0.276 e. The summed E-state index contributed by atoms with van der Waals surface area (Å²) in [5, 5.41) is 8.79. The van der Waals surface area contributed by atoms with Gasteiger partial charge in [-0.1, -0.05) is 0 Å². The second-order valence-corrected chi connectivity index (χ2v) is 9.36. The van der Waals surface area contributed by atoms with Gasteiger partial charge in [0.15, 0.2) is 11.6 Å². The summed E-state index contributed by atoms with van der Waals surface area (Å²) in [4.78, 5) is 31.1. The lowest BCUT2D eigenvalue weighted by atomic mass is 10.2. The molecule has 3 aromatic heterocycles. The van der Waals surface area contributed by atoms with Crippen molar-refractivity contribution in [1.29, 1.82) is 0 Å². The number of hydroxylamine groups is 1. The predicted octanol–water partition coefficient (Wildman–Crippen LogP) is 2.93. The zero-order chi connectivity index (χ0) is 24.4. The number of carbonyl (C=O) groups is 1. The van der Waals surface area contributed by atoms with Crippen molar-refractivity contribution < 1.29 is 14.7 Å². The summed E-state index contributed by atoms with van der Waals surface area (Å²) in [6, 6.07) is 13.0. The number of fused-ring (bicyclic) bond motifs is 1. The first-order chi connectivity index (χ1) is 17.0. The Hall–Kier alpha value is -3.80. The maximum absolute atomic E-state index is 11.6. The van der Waals surface area contributed by atoms with Crippen molar-refractivity contribution in [3.05, 3.63) is 59.1 Å². The highest BCUT2D eigenvalue weighted by atomic mass is 32.1. The maximum atomic E-state index is 11.6. The van der Waals surface area contributed by atoms with Crippen LogP contribution in [0.25, 0.3) is 21.6 Å². The van der Waals surface area contributed by atoms with Crippen LogP contribution in [0.4, 0.5) is 17.3 Å². The lowest BCUT2D eigenvalue weighted by molar-refractivity contribution is 0.0706. The average Bonchev–Trinajstić information content (AvgIpc) is 3.31. The van der Waals surface area contributed by atoms with Gasteiger partial charge in [-0.15, -0.1) is 11.3 Å². The normalized spacial score (nSPS) is 13.7. The van der Waals surface area contributed by atoms with Gasteiger partial charge in [0.25, 0.3) is 5.91 Å². The highest BCUT2D eigenvalue weighted by Gasteiger charge is 2.21. The highest BCUT2D eigenvalue weighted by Crippen LogP contribution is 2.35. The molecule has 1 saturated heterocycles. The number of hydrogen-bond donors (Lipinski definition) is 3. The summed E-state index contributed by atoms with van der Waals surface area (Å²) in [5.74, 6) is 1.69. The average molecular weight is 492 g/mol. The summed E-state index contributed by atoms with van der Waals surface area (Å²) in [6.07, 6.45) is 1.43. The summed E-state index contributed by atoms with van der Waals surface area (Å²) in [7, 11) is 1.94. The van der Waals surface area contributed by atoms with E-state index in [1.165, 1.54) is 6.20 Å². The number of ether oxygens (including phenoxy) is 1. The van der Waals surface area contributed by atoms with Crippen molar-refractivity contribution >= 4 is 44.8 Å². The van der Waals surface area contributed by atoms with Crippen LogP contribution in [0, 0.1) is 0 Å². The molecule has 4 heterocycles. The number of morpholine rings is 1. The van der Waals surface area contributed by atoms with Gasteiger partial charge < -0.3 is 20.3 Å². The largest absolute Gasteiger partial charge is 0.399 e. The van der Waals surface area contributed by atoms with E-state index in [0.29, 0.717) is 37.1 Å². The first-order valence-corrected chi connectivity index (χ1v) is 11.9. The van der Waals surface area contributed by atoms with E-state index in [2.05, 4.69) is 16.0 Å². The van der Waals surface area contributed by atoms with E-state index in [1.807, 2.05) is 36.2 Å². The lowest BCUT2D eigenvalue weighted by Crippen LogP contribution is -2.36. The van der Waals surface area contributed by atoms with Crippen molar-refractivity contribution in [2.75, 3.05) is 48.9 Å². The predicted molar refractivity (Wildman–Crippen MR) is 136 cm³/mol. The number of carbonyl (C=O) groups excluding carboxylic acids is 1. The molecule has 10 nitrogen and oxygen atoms in total. The fraction of sp³-hybridized carbons (Fsp3) is 0.250. The van der Waals surface area contributed by atoms with E-state index in [-0.39, 0.29) is 5.56 Å². The van der Waals surface area contributed by atoms with Gasteiger partial charge in [-0.25, -0.2) is 20.4 Å². The van der Waals surface area contributed by atoms with Gasteiger partial charge in [0.05, 0.1) is 35.5 Å². The fourth-order valence-corrected chi connectivity index (χ4v) is 5.08. The van der Waals surface area contributed by atoms with Crippen molar-refractivity contribution in [3.63, 3.8) is 0 Å². The smallest absolute Gasteiger partial charge is 0.276 e. The molecule has 11 heteroatoms. The van der Waals surface area contributed by atoms with Gasteiger partial charge in [0.1, 0.15) is 5.82 Å². The standard InChI is InChI=1S/C24H25N7O3S/c1-30(20-7-4-16(13-26-20)24(32)29-33)14-18-12-19-21(35-18)23(31-8-10-34-11-9-31)28-22(27-19)15-2-5-17(25)6-3-15/h2-7,12-13,33H,8-11,14,25H2,1H3,(H,29,32). The molecule has 1 amide bonds. The Labute approximate surface area is 206 Å². The first-order valence-electron chi connectivity index (χ1n) is 11.1. The van der Waals surface area contributed by atoms with Crippen LogP contribution in [-0.2, 0) is 11.3 Å². The number of hydrogen-bond acceptors (Lipinski definition) is 10. The summed E-state index contributed by atoms with van der Waals surface area (Å²) in [6.45, 7) is 3.49. The Morgan fingerprint density at radius 2 is 1.97 bits per heavy atom. The summed E-state index contributed by atoms with van der Waals surface area (Å²) < 4.78 is 6.59. The van der Waals surface area contributed by atoms with Crippen LogP contribution in [0.15, 0.2) is 48.7 Å². The molecule has 1 aromatic carbocycles. The number of amides is 1. The molecule has 1 fully saturated rings. The molecule has 4 aromatic rings. The molecule has 0 spiro atoms. The molecule has 4 N–H and O–H groups in total. The van der Waals surface area contributed by atoms with Gasteiger partial charge in [0, 0.05) is 42.5 Å². The van der Waals surface area contributed by atoms with E-state index < -0.39 is 5.91 Å². The van der Waals surface area contributed by atoms with Gasteiger partial charge in [-0.3, -0.25) is 10.0 Å². The Morgan fingerprint density at radius 3 is 2.66 bits per heavy atom. The molecule has 5 rings (SSSR count). The monoisotopic (exact) mass is 491 g/mol. The molecule has 0 radical (unpaired) electrons. The second kappa shape index (κ2) is 9.82. The van der Waals surface area contributed by atoms with Gasteiger partial charge in [0.2, 0.25) is 0 Å². The highest BCUT2D eigenvalue weighted by molar-refractivity contribution is 7.19. The minimum Gasteiger partial charge on any atom is -0.399 e. The van der Waals surface area contributed by atoms with Gasteiger partial charge >= 0.3 is 0 Å². The molecular formula is C24H25N7O3S. The molecule has 1 aliphatic heterocycles. The first kappa shape index (κ1) is 23.0.